The maximum absolute atomic E-state index is 2.46. The topological polar surface area (TPSA) is 0 Å². The molecule has 0 atom stereocenters. The highest BCUT2D eigenvalue weighted by molar-refractivity contribution is 5.92. The van der Waals surface area contributed by atoms with Crippen LogP contribution in [0, 0.1) is 6.92 Å². The number of hydrogen-bond acceptors (Lipinski definition) is 0. The molecule has 0 aromatic heterocycles. The van der Waals surface area contributed by atoms with E-state index in [2.05, 4.69) is 186 Å². The number of aryl methyl sites for hydroxylation is 1. The lowest BCUT2D eigenvalue weighted by Crippen LogP contribution is -2.15. The SMILES string of the molecule is Cc1ccc2cc(-c3ccc4c(c3)C(C)(C)c3cc(-c5ccc6c(c5)C(C)(C)c5cc(-c7ccc8ccccc8c7)ccc5-6)ccc3-4)ccc2c1. The zero-order valence-corrected chi connectivity index (χ0v) is 29.9. The van der Waals surface area contributed by atoms with Gasteiger partial charge in [0.1, 0.15) is 0 Å². The Morgan fingerprint density at radius 1 is 0.294 bits per heavy atom. The number of fused-ring (bicyclic) bond motifs is 8. The van der Waals surface area contributed by atoms with Crippen molar-refractivity contribution in [2.75, 3.05) is 0 Å². The summed E-state index contributed by atoms with van der Waals surface area (Å²) in [6.07, 6.45) is 0. The molecule has 0 saturated carbocycles. The third-order valence-electron chi connectivity index (χ3n) is 12.1. The third kappa shape index (κ3) is 4.52. The zero-order valence-electron chi connectivity index (χ0n) is 29.9. The van der Waals surface area contributed by atoms with Gasteiger partial charge in [-0.2, -0.15) is 0 Å². The summed E-state index contributed by atoms with van der Waals surface area (Å²) < 4.78 is 0. The van der Waals surface area contributed by atoms with Gasteiger partial charge in [0.05, 0.1) is 0 Å². The first kappa shape index (κ1) is 30.1. The van der Waals surface area contributed by atoms with Crippen LogP contribution in [-0.2, 0) is 10.8 Å². The molecule has 0 amide bonds. The lowest BCUT2D eigenvalue weighted by molar-refractivity contribution is 0.660. The molecule has 2 aliphatic rings. The molecule has 2 aliphatic carbocycles. The van der Waals surface area contributed by atoms with Gasteiger partial charge in [-0.3, -0.25) is 0 Å². The maximum atomic E-state index is 2.46. The van der Waals surface area contributed by atoms with Crippen molar-refractivity contribution in [3.8, 4) is 55.6 Å². The van der Waals surface area contributed by atoms with Crippen LogP contribution in [0.25, 0.3) is 77.2 Å². The lowest BCUT2D eigenvalue weighted by atomic mass is 9.79. The lowest BCUT2D eigenvalue weighted by Gasteiger charge is -2.24. The van der Waals surface area contributed by atoms with Crippen LogP contribution in [0.4, 0.5) is 0 Å². The first-order valence-corrected chi connectivity index (χ1v) is 18.2. The number of rotatable bonds is 3. The smallest absolute Gasteiger partial charge is 0.0159 e. The van der Waals surface area contributed by atoms with Crippen LogP contribution in [-0.4, -0.2) is 0 Å². The average molecular weight is 653 g/mol. The van der Waals surface area contributed by atoms with E-state index in [4.69, 9.17) is 0 Å². The van der Waals surface area contributed by atoms with Crippen LogP contribution in [0.5, 0.6) is 0 Å². The minimum Gasteiger partial charge on any atom is -0.0616 e. The highest BCUT2D eigenvalue weighted by Gasteiger charge is 2.38. The molecule has 0 nitrogen and oxygen atoms in total. The van der Waals surface area contributed by atoms with E-state index in [1.807, 2.05) is 0 Å². The Morgan fingerprint density at radius 3 is 1.06 bits per heavy atom. The first-order valence-electron chi connectivity index (χ1n) is 18.2. The molecule has 8 aromatic rings. The Hall–Kier alpha value is -5.72. The zero-order chi connectivity index (χ0) is 34.6. The Kier molecular flexibility index (Phi) is 6.29. The van der Waals surface area contributed by atoms with Crippen molar-refractivity contribution in [1.82, 2.24) is 0 Å². The largest absolute Gasteiger partial charge is 0.0616 e. The molecule has 244 valence electrons. The number of benzene rings is 8. The maximum Gasteiger partial charge on any atom is 0.0159 e. The van der Waals surface area contributed by atoms with Crippen LogP contribution in [0.15, 0.2) is 152 Å². The molecule has 0 fully saturated rings. The summed E-state index contributed by atoms with van der Waals surface area (Å²) in [5.74, 6) is 0. The van der Waals surface area contributed by atoms with Gasteiger partial charge < -0.3 is 0 Å². The minimum absolute atomic E-state index is 0.0994. The van der Waals surface area contributed by atoms with Crippen LogP contribution in [0.3, 0.4) is 0 Å². The highest BCUT2D eigenvalue weighted by Crippen LogP contribution is 2.53. The fraction of sp³-hybridized carbons (Fsp3) is 0.137. The Balaban J connectivity index is 0.992. The Morgan fingerprint density at radius 2 is 0.608 bits per heavy atom. The van der Waals surface area contributed by atoms with E-state index in [0.29, 0.717) is 0 Å². The first-order chi connectivity index (χ1) is 24.6. The van der Waals surface area contributed by atoms with E-state index in [-0.39, 0.29) is 10.8 Å². The van der Waals surface area contributed by atoms with Crippen molar-refractivity contribution in [1.29, 1.82) is 0 Å². The standard InChI is InChI=1S/C51H40/c1-31-10-11-35-26-37(15-14-34(35)24-31)39-17-21-43-45-23-19-41(30-49(45)51(4,5)47(43)28-39)40-18-22-44-42-20-16-38(27-46(42)50(2,3)48(44)29-40)36-13-12-32-8-6-7-9-33(32)25-36/h6-30H,1-5H3. The monoisotopic (exact) mass is 652 g/mol. The van der Waals surface area contributed by atoms with Crippen molar-refractivity contribution >= 4 is 21.5 Å². The molecule has 10 rings (SSSR count). The molecule has 0 heterocycles. The van der Waals surface area contributed by atoms with Gasteiger partial charge in [0.2, 0.25) is 0 Å². The third-order valence-corrected chi connectivity index (χ3v) is 12.1. The van der Waals surface area contributed by atoms with Crippen LogP contribution in [0.2, 0.25) is 0 Å². The summed E-state index contributed by atoms with van der Waals surface area (Å²) in [7, 11) is 0. The molecule has 0 spiro atoms. The van der Waals surface area contributed by atoms with Gasteiger partial charge >= 0.3 is 0 Å². The molecule has 0 saturated heterocycles. The van der Waals surface area contributed by atoms with Crippen molar-refractivity contribution in [3.05, 3.63) is 179 Å². The van der Waals surface area contributed by atoms with Gasteiger partial charge in [0.25, 0.3) is 0 Å². The molecule has 0 radical (unpaired) electrons. The van der Waals surface area contributed by atoms with Crippen molar-refractivity contribution in [2.45, 2.75) is 45.4 Å². The molecular formula is C51H40. The molecule has 8 aromatic carbocycles. The average Bonchev–Trinajstić information content (AvgIpc) is 3.52. The summed E-state index contributed by atoms with van der Waals surface area (Å²) in [5, 5.41) is 5.15. The summed E-state index contributed by atoms with van der Waals surface area (Å²) in [5.41, 5.74) is 19.8. The van der Waals surface area contributed by atoms with Crippen molar-refractivity contribution in [3.63, 3.8) is 0 Å². The predicted molar refractivity (Wildman–Crippen MR) is 218 cm³/mol. The van der Waals surface area contributed by atoms with E-state index in [1.54, 1.807) is 0 Å². The van der Waals surface area contributed by atoms with Crippen molar-refractivity contribution in [2.24, 2.45) is 0 Å². The fourth-order valence-corrected chi connectivity index (χ4v) is 9.11. The molecular weight excluding hydrogens is 613 g/mol. The predicted octanol–water partition coefficient (Wildman–Crippen LogP) is 13.9. The molecule has 51 heavy (non-hydrogen) atoms. The second-order valence-electron chi connectivity index (χ2n) is 15.9. The van der Waals surface area contributed by atoms with Gasteiger partial charge in [-0.05, 0) is 143 Å². The highest BCUT2D eigenvalue weighted by atomic mass is 14.4. The summed E-state index contributed by atoms with van der Waals surface area (Å²) in [6.45, 7) is 11.7. The molecule has 0 bridgehead atoms. The second-order valence-corrected chi connectivity index (χ2v) is 15.9. The van der Waals surface area contributed by atoms with E-state index >= 15 is 0 Å². The number of hydrogen-bond donors (Lipinski definition) is 0. The van der Waals surface area contributed by atoms with Gasteiger partial charge in [-0.25, -0.2) is 0 Å². The van der Waals surface area contributed by atoms with Gasteiger partial charge in [-0.1, -0.05) is 149 Å². The normalized spacial score (nSPS) is 14.7. The second kappa shape index (κ2) is 10.6. The molecule has 0 aliphatic heterocycles. The summed E-state index contributed by atoms with van der Waals surface area (Å²) >= 11 is 0. The van der Waals surface area contributed by atoms with Crippen LogP contribution < -0.4 is 0 Å². The molecule has 0 unspecified atom stereocenters. The summed E-state index contributed by atoms with van der Waals surface area (Å²) in [4.78, 5) is 0. The van der Waals surface area contributed by atoms with E-state index in [9.17, 15) is 0 Å². The molecule has 0 N–H and O–H groups in total. The fourth-order valence-electron chi connectivity index (χ4n) is 9.11. The van der Waals surface area contributed by atoms with Crippen LogP contribution in [0.1, 0.15) is 55.5 Å². The van der Waals surface area contributed by atoms with E-state index in [0.717, 1.165) is 0 Å². The van der Waals surface area contributed by atoms with E-state index < -0.39 is 0 Å². The minimum atomic E-state index is -0.101. The van der Waals surface area contributed by atoms with Gasteiger partial charge in [0.15, 0.2) is 0 Å². The van der Waals surface area contributed by atoms with Crippen LogP contribution >= 0.6 is 0 Å². The summed E-state index contributed by atoms with van der Waals surface area (Å²) in [6, 6.07) is 57.5. The Labute approximate surface area is 301 Å². The van der Waals surface area contributed by atoms with Gasteiger partial charge in [0, 0.05) is 10.8 Å². The van der Waals surface area contributed by atoms with E-state index in [1.165, 1.54) is 105 Å². The molecule has 0 heteroatoms. The quantitative estimate of drug-likeness (QED) is 0.178. The van der Waals surface area contributed by atoms with Crippen molar-refractivity contribution < 1.29 is 0 Å². The Bertz CT molecular complexity index is 2750. The van der Waals surface area contributed by atoms with Gasteiger partial charge in [-0.15, -0.1) is 0 Å².